The highest BCUT2D eigenvalue weighted by Crippen LogP contribution is 2.18. The first-order chi connectivity index (χ1) is 6.34. The molecule has 4 heteroatoms. The first-order valence-corrected chi connectivity index (χ1v) is 4.98. The first kappa shape index (κ1) is 9.40. The smallest absolute Gasteiger partial charge is 0.0958 e. The van der Waals surface area contributed by atoms with Crippen molar-refractivity contribution in [2.24, 2.45) is 5.92 Å². The van der Waals surface area contributed by atoms with Gasteiger partial charge in [-0.1, -0.05) is 0 Å². The summed E-state index contributed by atoms with van der Waals surface area (Å²) in [5.41, 5.74) is 0. The molecule has 2 aliphatic heterocycles. The molecule has 4 nitrogen and oxygen atoms in total. The molecule has 0 aromatic carbocycles. The Morgan fingerprint density at radius 2 is 2.08 bits per heavy atom. The molecule has 0 spiro atoms. The van der Waals surface area contributed by atoms with E-state index in [9.17, 15) is 5.11 Å². The molecule has 0 bridgehead atoms. The highest BCUT2D eigenvalue weighted by Gasteiger charge is 2.25. The van der Waals surface area contributed by atoms with Crippen LogP contribution in [0.1, 0.15) is 12.8 Å². The van der Waals surface area contributed by atoms with E-state index in [2.05, 4.69) is 0 Å². The molecule has 0 saturated carbocycles. The fourth-order valence-electron chi connectivity index (χ4n) is 1.88. The molecule has 2 rings (SSSR count). The predicted octanol–water partition coefficient (Wildman–Crippen LogP) is 0.0211. The molecule has 13 heavy (non-hydrogen) atoms. The summed E-state index contributed by atoms with van der Waals surface area (Å²) >= 11 is 0. The van der Waals surface area contributed by atoms with Crippen molar-refractivity contribution in [1.82, 2.24) is 5.06 Å². The quantitative estimate of drug-likeness (QED) is 0.662. The Morgan fingerprint density at radius 3 is 2.69 bits per heavy atom. The van der Waals surface area contributed by atoms with Crippen molar-refractivity contribution >= 4 is 0 Å². The summed E-state index contributed by atoms with van der Waals surface area (Å²) in [4.78, 5) is 5.31. The van der Waals surface area contributed by atoms with Crippen LogP contribution in [-0.2, 0) is 9.57 Å². The maximum absolute atomic E-state index is 9.24. The number of β-amino-alcohol motifs (C(OH)–C–C–N with tert-alkyl or cyclic N) is 1. The molecule has 2 saturated heterocycles. The van der Waals surface area contributed by atoms with Gasteiger partial charge in [-0.2, -0.15) is 5.06 Å². The standard InChI is InChI=1S/C9H17NO3/c11-9-6-10(13-7-9)5-8-1-3-12-4-2-8/h8-9,11H,1-7H2/t9-/m1/s1. The number of nitrogens with zero attached hydrogens (tertiary/aromatic N) is 1. The van der Waals surface area contributed by atoms with E-state index in [0.717, 1.165) is 32.6 Å². The van der Waals surface area contributed by atoms with Crippen molar-refractivity contribution in [2.75, 3.05) is 32.9 Å². The minimum Gasteiger partial charge on any atom is -0.389 e. The van der Waals surface area contributed by atoms with E-state index in [1.807, 2.05) is 5.06 Å². The molecule has 2 fully saturated rings. The van der Waals surface area contributed by atoms with Crippen LogP contribution in [0.25, 0.3) is 0 Å². The highest BCUT2D eigenvalue weighted by atomic mass is 16.7. The second kappa shape index (κ2) is 4.37. The summed E-state index contributed by atoms with van der Waals surface area (Å²) in [6.45, 7) is 3.82. The SMILES string of the molecule is O[C@H]1CON(CC2CCOCC2)C1. The monoisotopic (exact) mass is 187 g/mol. The van der Waals surface area contributed by atoms with E-state index >= 15 is 0 Å². The lowest BCUT2D eigenvalue weighted by Crippen LogP contribution is -2.30. The number of aliphatic hydroxyl groups is 1. The largest absolute Gasteiger partial charge is 0.389 e. The molecule has 1 N–H and O–H groups in total. The maximum atomic E-state index is 9.24. The van der Waals surface area contributed by atoms with Crippen LogP contribution in [-0.4, -0.2) is 49.2 Å². The first-order valence-electron chi connectivity index (χ1n) is 4.98. The molecule has 2 heterocycles. The van der Waals surface area contributed by atoms with Crippen LogP contribution >= 0.6 is 0 Å². The number of aliphatic hydroxyl groups excluding tert-OH is 1. The molecular weight excluding hydrogens is 170 g/mol. The number of ether oxygens (including phenoxy) is 1. The minimum atomic E-state index is -0.292. The summed E-state index contributed by atoms with van der Waals surface area (Å²) < 4.78 is 5.28. The van der Waals surface area contributed by atoms with E-state index < -0.39 is 0 Å². The third-order valence-electron chi connectivity index (χ3n) is 2.67. The Bertz CT molecular complexity index is 156. The zero-order chi connectivity index (χ0) is 9.10. The molecule has 76 valence electrons. The van der Waals surface area contributed by atoms with E-state index in [-0.39, 0.29) is 6.10 Å². The molecule has 0 aliphatic carbocycles. The lowest BCUT2D eigenvalue weighted by atomic mass is 10.0. The summed E-state index contributed by atoms with van der Waals surface area (Å²) in [5.74, 6) is 0.680. The van der Waals surface area contributed by atoms with Gasteiger partial charge in [0.05, 0.1) is 19.3 Å². The van der Waals surface area contributed by atoms with Crippen molar-refractivity contribution in [3.8, 4) is 0 Å². The van der Waals surface area contributed by atoms with E-state index in [0.29, 0.717) is 19.1 Å². The predicted molar refractivity (Wildman–Crippen MR) is 47.1 cm³/mol. The van der Waals surface area contributed by atoms with Gasteiger partial charge in [-0.3, -0.25) is 4.84 Å². The zero-order valence-corrected chi connectivity index (χ0v) is 7.82. The Kier molecular flexibility index (Phi) is 3.16. The molecule has 2 aliphatic rings. The number of rotatable bonds is 2. The van der Waals surface area contributed by atoms with Gasteiger partial charge < -0.3 is 9.84 Å². The van der Waals surface area contributed by atoms with Crippen molar-refractivity contribution in [3.05, 3.63) is 0 Å². The van der Waals surface area contributed by atoms with E-state index in [1.54, 1.807) is 0 Å². The minimum absolute atomic E-state index is 0.292. The van der Waals surface area contributed by atoms with Crippen LogP contribution < -0.4 is 0 Å². The van der Waals surface area contributed by atoms with Gasteiger partial charge in [-0.15, -0.1) is 0 Å². The van der Waals surface area contributed by atoms with Crippen molar-refractivity contribution < 1.29 is 14.7 Å². The van der Waals surface area contributed by atoms with Gasteiger partial charge >= 0.3 is 0 Å². The van der Waals surface area contributed by atoms with Crippen LogP contribution in [0.4, 0.5) is 0 Å². The topological polar surface area (TPSA) is 41.9 Å². The zero-order valence-electron chi connectivity index (χ0n) is 7.82. The Morgan fingerprint density at radius 1 is 1.31 bits per heavy atom. The molecule has 0 amide bonds. The van der Waals surface area contributed by atoms with Crippen molar-refractivity contribution in [1.29, 1.82) is 0 Å². The van der Waals surface area contributed by atoms with Gasteiger partial charge in [0, 0.05) is 19.8 Å². The molecule has 0 aromatic rings. The van der Waals surface area contributed by atoms with Gasteiger partial charge in [0.25, 0.3) is 0 Å². The summed E-state index contributed by atoms with van der Waals surface area (Å²) in [7, 11) is 0. The second-order valence-electron chi connectivity index (χ2n) is 3.85. The third-order valence-corrected chi connectivity index (χ3v) is 2.67. The molecule has 1 atom stereocenters. The number of hydrogen-bond acceptors (Lipinski definition) is 4. The number of hydrogen-bond donors (Lipinski definition) is 1. The number of hydroxylamine groups is 2. The summed E-state index contributed by atoms with van der Waals surface area (Å²) in [6, 6.07) is 0. The fourth-order valence-corrected chi connectivity index (χ4v) is 1.88. The van der Waals surface area contributed by atoms with Gasteiger partial charge in [0.1, 0.15) is 0 Å². The molecule has 0 unspecified atom stereocenters. The van der Waals surface area contributed by atoms with Crippen LogP contribution in [0.3, 0.4) is 0 Å². The second-order valence-corrected chi connectivity index (χ2v) is 3.85. The average molecular weight is 187 g/mol. The molecule has 0 aromatic heterocycles. The highest BCUT2D eigenvalue weighted by molar-refractivity contribution is 4.70. The van der Waals surface area contributed by atoms with Crippen molar-refractivity contribution in [2.45, 2.75) is 18.9 Å². The fraction of sp³-hybridized carbons (Fsp3) is 1.00. The van der Waals surface area contributed by atoms with E-state index in [4.69, 9.17) is 9.57 Å². The van der Waals surface area contributed by atoms with Crippen LogP contribution in [0.2, 0.25) is 0 Å². The van der Waals surface area contributed by atoms with Gasteiger partial charge in [0.15, 0.2) is 0 Å². The van der Waals surface area contributed by atoms with Crippen LogP contribution in [0.15, 0.2) is 0 Å². The third kappa shape index (κ3) is 2.64. The van der Waals surface area contributed by atoms with Crippen LogP contribution in [0, 0.1) is 5.92 Å². The van der Waals surface area contributed by atoms with Gasteiger partial charge in [-0.05, 0) is 18.8 Å². The maximum Gasteiger partial charge on any atom is 0.0958 e. The Hall–Kier alpha value is -0.160. The Balaban J connectivity index is 1.71. The summed E-state index contributed by atoms with van der Waals surface area (Å²) in [5, 5.41) is 11.1. The van der Waals surface area contributed by atoms with Gasteiger partial charge in [-0.25, -0.2) is 0 Å². The normalized spacial score (nSPS) is 32.5. The summed E-state index contributed by atoms with van der Waals surface area (Å²) in [6.07, 6.45) is 1.95. The lowest BCUT2D eigenvalue weighted by molar-refractivity contribution is -0.125. The van der Waals surface area contributed by atoms with Gasteiger partial charge in [0.2, 0.25) is 0 Å². The van der Waals surface area contributed by atoms with E-state index in [1.165, 1.54) is 0 Å². The Labute approximate surface area is 78.4 Å². The average Bonchev–Trinajstić information content (AvgIpc) is 2.53. The van der Waals surface area contributed by atoms with Crippen molar-refractivity contribution in [3.63, 3.8) is 0 Å². The molecular formula is C9H17NO3. The van der Waals surface area contributed by atoms with Crippen LogP contribution in [0.5, 0.6) is 0 Å². The molecule has 0 radical (unpaired) electrons. The lowest BCUT2D eigenvalue weighted by Gasteiger charge is -2.25.